The van der Waals surface area contributed by atoms with Gasteiger partial charge in [-0.25, -0.2) is 4.98 Å². The molecule has 0 bridgehead atoms. The number of piperidine rings is 1. The number of benzene rings is 2. The minimum Gasteiger partial charge on any atom is -0.446 e. The van der Waals surface area contributed by atoms with Crippen molar-refractivity contribution in [3.05, 3.63) is 59.3 Å². The van der Waals surface area contributed by atoms with Crippen molar-refractivity contribution in [1.82, 2.24) is 9.88 Å². The van der Waals surface area contributed by atoms with E-state index in [2.05, 4.69) is 34.1 Å². The number of amides is 1. The van der Waals surface area contributed by atoms with Gasteiger partial charge < -0.3 is 14.2 Å². The number of nitrogens with zero attached hydrogens (tertiary/aromatic N) is 3. The molecule has 1 saturated heterocycles. The average molecular weight is 375 g/mol. The number of hydrogen-bond acceptors (Lipinski definition) is 4. The standard InChI is InChI=1S/C23H25N3O2/c1-16-24-20-15-26(13-10-22(20)28-16)21-7-5-6-17-14-18(8-9-19(17)21)23(27)25-11-3-2-4-12-25/h5-9,14H,2-4,10-13,15H2,1H3. The van der Waals surface area contributed by atoms with Gasteiger partial charge in [-0.1, -0.05) is 18.2 Å². The second-order valence-corrected chi connectivity index (χ2v) is 7.84. The summed E-state index contributed by atoms with van der Waals surface area (Å²) in [5.41, 5.74) is 3.03. The highest BCUT2D eigenvalue weighted by Crippen LogP contribution is 2.32. The maximum absolute atomic E-state index is 12.9. The third-order valence-electron chi connectivity index (χ3n) is 5.92. The summed E-state index contributed by atoms with van der Waals surface area (Å²) in [5.74, 6) is 1.92. The van der Waals surface area contributed by atoms with Crippen LogP contribution in [0.1, 0.15) is 47.0 Å². The number of anilines is 1. The van der Waals surface area contributed by atoms with Crippen molar-refractivity contribution in [2.45, 2.75) is 39.2 Å². The van der Waals surface area contributed by atoms with E-state index in [0.29, 0.717) is 0 Å². The molecule has 28 heavy (non-hydrogen) atoms. The SMILES string of the molecule is Cc1nc2c(o1)CCN(c1cccc3cc(C(=O)N4CCCCC4)ccc13)C2. The van der Waals surface area contributed by atoms with Crippen LogP contribution in [0.4, 0.5) is 5.69 Å². The lowest BCUT2D eigenvalue weighted by molar-refractivity contribution is 0.0724. The molecule has 0 aliphatic carbocycles. The van der Waals surface area contributed by atoms with E-state index in [-0.39, 0.29) is 5.91 Å². The maximum atomic E-state index is 12.9. The average Bonchev–Trinajstić information content (AvgIpc) is 3.12. The highest BCUT2D eigenvalue weighted by Gasteiger charge is 2.23. The maximum Gasteiger partial charge on any atom is 0.253 e. The Morgan fingerprint density at radius 3 is 2.79 bits per heavy atom. The zero-order chi connectivity index (χ0) is 19.1. The lowest BCUT2D eigenvalue weighted by Crippen LogP contribution is -2.35. The summed E-state index contributed by atoms with van der Waals surface area (Å²) in [7, 11) is 0. The molecule has 2 aromatic carbocycles. The molecule has 5 nitrogen and oxygen atoms in total. The summed E-state index contributed by atoms with van der Waals surface area (Å²) < 4.78 is 5.70. The number of carbonyl (C=O) groups excluding carboxylic acids is 1. The number of likely N-dealkylation sites (tertiary alicyclic amines) is 1. The summed E-state index contributed by atoms with van der Waals surface area (Å²) in [6.07, 6.45) is 4.33. The van der Waals surface area contributed by atoms with Crippen LogP contribution in [0.15, 0.2) is 40.8 Å². The van der Waals surface area contributed by atoms with Crippen molar-refractivity contribution in [2.75, 3.05) is 24.5 Å². The highest BCUT2D eigenvalue weighted by molar-refractivity contribution is 6.02. The van der Waals surface area contributed by atoms with Crippen LogP contribution in [0.5, 0.6) is 0 Å². The van der Waals surface area contributed by atoms with Gasteiger partial charge in [0.25, 0.3) is 5.91 Å². The van der Waals surface area contributed by atoms with Crippen molar-refractivity contribution < 1.29 is 9.21 Å². The Bertz CT molecular complexity index is 1030. The zero-order valence-electron chi connectivity index (χ0n) is 16.3. The zero-order valence-corrected chi connectivity index (χ0v) is 16.3. The van der Waals surface area contributed by atoms with Crippen molar-refractivity contribution in [1.29, 1.82) is 0 Å². The van der Waals surface area contributed by atoms with Gasteiger partial charge in [0.1, 0.15) is 11.5 Å². The normalized spacial score (nSPS) is 17.0. The molecule has 0 radical (unpaired) electrons. The largest absolute Gasteiger partial charge is 0.446 e. The van der Waals surface area contributed by atoms with Gasteiger partial charge in [0.2, 0.25) is 0 Å². The first-order valence-electron chi connectivity index (χ1n) is 10.2. The Morgan fingerprint density at radius 2 is 1.93 bits per heavy atom. The Labute approximate surface area is 165 Å². The van der Waals surface area contributed by atoms with E-state index in [1.165, 1.54) is 17.5 Å². The predicted octanol–water partition coefficient (Wildman–Crippen LogP) is 4.33. The van der Waals surface area contributed by atoms with Gasteiger partial charge in [0.05, 0.1) is 6.54 Å². The molecule has 1 aromatic heterocycles. The fraction of sp³-hybridized carbons (Fsp3) is 0.391. The van der Waals surface area contributed by atoms with Crippen molar-refractivity contribution in [3.63, 3.8) is 0 Å². The second-order valence-electron chi connectivity index (χ2n) is 7.84. The van der Waals surface area contributed by atoms with Crippen LogP contribution in [-0.2, 0) is 13.0 Å². The molecular formula is C23H25N3O2. The molecule has 0 saturated carbocycles. The Morgan fingerprint density at radius 1 is 1.07 bits per heavy atom. The Balaban J connectivity index is 1.45. The first-order chi connectivity index (χ1) is 13.7. The second kappa shape index (κ2) is 6.97. The molecule has 1 amide bonds. The Hall–Kier alpha value is -2.82. The van der Waals surface area contributed by atoms with E-state index in [0.717, 1.165) is 73.7 Å². The van der Waals surface area contributed by atoms with E-state index in [9.17, 15) is 4.79 Å². The smallest absolute Gasteiger partial charge is 0.253 e. The van der Waals surface area contributed by atoms with Crippen LogP contribution >= 0.6 is 0 Å². The van der Waals surface area contributed by atoms with E-state index < -0.39 is 0 Å². The topological polar surface area (TPSA) is 49.6 Å². The molecule has 3 heterocycles. The molecule has 0 N–H and O–H groups in total. The monoisotopic (exact) mass is 375 g/mol. The van der Waals surface area contributed by atoms with Crippen LogP contribution in [0.25, 0.3) is 10.8 Å². The van der Waals surface area contributed by atoms with Gasteiger partial charge in [0, 0.05) is 49.6 Å². The molecule has 1 fully saturated rings. The van der Waals surface area contributed by atoms with Crippen molar-refractivity contribution in [3.8, 4) is 0 Å². The van der Waals surface area contributed by atoms with Crippen LogP contribution in [0.2, 0.25) is 0 Å². The van der Waals surface area contributed by atoms with Crippen LogP contribution in [0, 0.1) is 6.92 Å². The van der Waals surface area contributed by atoms with E-state index in [1.807, 2.05) is 24.0 Å². The molecular weight excluding hydrogens is 350 g/mol. The van der Waals surface area contributed by atoms with E-state index >= 15 is 0 Å². The predicted molar refractivity (Wildman–Crippen MR) is 110 cm³/mol. The fourth-order valence-corrected chi connectivity index (χ4v) is 4.49. The minimum atomic E-state index is 0.160. The molecule has 5 rings (SSSR count). The number of rotatable bonds is 2. The van der Waals surface area contributed by atoms with Gasteiger partial charge >= 0.3 is 0 Å². The van der Waals surface area contributed by atoms with E-state index in [4.69, 9.17) is 4.42 Å². The van der Waals surface area contributed by atoms with Gasteiger partial charge in [-0.05, 0) is 42.8 Å². The quantitative estimate of drug-likeness (QED) is 0.669. The third-order valence-corrected chi connectivity index (χ3v) is 5.92. The lowest BCUT2D eigenvalue weighted by Gasteiger charge is -2.29. The molecule has 5 heteroatoms. The van der Waals surface area contributed by atoms with Gasteiger partial charge in [0.15, 0.2) is 5.89 Å². The van der Waals surface area contributed by atoms with Gasteiger partial charge in [-0.2, -0.15) is 0 Å². The lowest BCUT2D eigenvalue weighted by atomic mass is 10.0. The van der Waals surface area contributed by atoms with Crippen LogP contribution in [-0.4, -0.2) is 35.4 Å². The first-order valence-corrected chi connectivity index (χ1v) is 10.2. The van der Waals surface area contributed by atoms with Crippen LogP contribution < -0.4 is 4.90 Å². The molecule has 2 aliphatic rings. The van der Waals surface area contributed by atoms with Crippen molar-refractivity contribution >= 4 is 22.4 Å². The summed E-state index contributed by atoms with van der Waals surface area (Å²) in [5, 5.41) is 2.30. The van der Waals surface area contributed by atoms with Gasteiger partial charge in [-0.3, -0.25) is 4.79 Å². The third kappa shape index (κ3) is 3.05. The number of aryl methyl sites for hydroxylation is 1. The van der Waals surface area contributed by atoms with Gasteiger partial charge in [-0.15, -0.1) is 0 Å². The summed E-state index contributed by atoms with van der Waals surface area (Å²) in [6, 6.07) is 12.5. The highest BCUT2D eigenvalue weighted by atomic mass is 16.4. The number of oxazole rings is 1. The fourth-order valence-electron chi connectivity index (χ4n) is 4.49. The number of fused-ring (bicyclic) bond motifs is 2. The first kappa shape index (κ1) is 17.3. The summed E-state index contributed by atoms with van der Waals surface area (Å²) in [4.78, 5) is 21.8. The van der Waals surface area contributed by atoms with Crippen LogP contribution in [0.3, 0.4) is 0 Å². The molecule has 0 unspecified atom stereocenters. The number of hydrogen-bond donors (Lipinski definition) is 0. The Kier molecular flexibility index (Phi) is 4.30. The summed E-state index contributed by atoms with van der Waals surface area (Å²) in [6.45, 7) is 5.34. The molecule has 0 atom stereocenters. The molecule has 0 spiro atoms. The van der Waals surface area contributed by atoms with E-state index in [1.54, 1.807) is 0 Å². The molecule has 2 aliphatic heterocycles. The van der Waals surface area contributed by atoms with Crippen molar-refractivity contribution in [2.24, 2.45) is 0 Å². The minimum absolute atomic E-state index is 0.160. The number of carbonyl (C=O) groups is 1. The summed E-state index contributed by atoms with van der Waals surface area (Å²) >= 11 is 0. The number of aromatic nitrogens is 1. The molecule has 3 aromatic rings. The molecule has 144 valence electrons.